The van der Waals surface area contributed by atoms with Gasteiger partial charge in [-0.3, -0.25) is 14.4 Å². The lowest BCUT2D eigenvalue weighted by Crippen LogP contribution is -2.57. The highest BCUT2D eigenvalue weighted by molar-refractivity contribution is 6.01. The van der Waals surface area contributed by atoms with Crippen LogP contribution in [0.4, 0.5) is 0 Å². The number of methoxy groups -OCH3 is 2. The minimum absolute atomic E-state index is 0.139. The van der Waals surface area contributed by atoms with Gasteiger partial charge in [-0.25, -0.2) is 0 Å². The van der Waals surface area contributed by atoms with E-state index in [1.54, 1.807) is 37.1 Å². The average molecular weight is 480 g/mol. The topological polar surface area (TPSA) is 88.2 Å². The molecule has 35 heavy (non-hydrogen) atoms. The molecule has 2 unspecified atom stereocenters. The van der Waals surface area contributed by atoms with Gasteiger partial charge in [0.15, 0.2) is 11.5 Å². The molecule has 8 heteroatoms. The Morgan fingerprint density at radius 1 is 1.03 bits per heavy atom. The van der Waals surface area contributed by atoms with Gasteiger partial charge in [-0.1, -0.05) is 32.0 Å². The third-order valence-corrected chi connectivity index (χ3v) is 6.87. The van der Waals surface area contributed by atoms with Crippen LogP contribution in [0.15, 0.2) is 36.4 Å². The maximum Gasteiger partial charge on any atom is 0.255 e. The standard InChI is InChI=1S/C27H33N3O5/c1-16(2)10-22(30-14-17-8-6-7-9-20(17)26(30)32)27(33)29-15-19-13-24(35-5)23(34-4)12-18(19)11-21(29)25(31)28-3/h6-9,12-13,16,21-22H,10-11,14-15H2,1-5H3,(H,28,31). The van der Waals surface area contributed by atoms with E-state index in [0.717, 1.165) is 16.7 Å². The Morgan fingerprint density at radius 3 is 2.29 bits per heavy atom. The Labute approximate surface area is 206 Å². The number of nitrogens with zero attached hydrogens (tertiary/aromatic N) is 2. The van der Waals surface area contributed by atoms with Gasteiger partial charge in [0.1, 0.15) is 12.1 Å². The molecule has 2 aliphatic rings. The first kappa shape index (κ1) is 24.6. The van der Waals surface area contributed by atoms with Crippen molar-refractivity contribution in [3.63, 3.8) is 0 Å². The highest BCUT2D eigenvalue weighted by atomic mass is 16.5. The predicted octanol–water partition coefficient (Wildman–Crippen LogP) is 2.77. The summed E-state index contributed by atoms with van der Waals surface area (Å²) in [6.45, 7) is 4.70. The van der Waals surface area contributed by atoms with E-state index in [1.165, 1.54) is 0 Å². The Bertz CT molecular complexity index is 1150. The third-order valence-electron chi connectivity index (χ3n) is 6.87. The normalized spacial score (nSPS) is 17.7. The number of benzene rings is 2. The van der Waals surface area contributed by atoms with Crippen LogP contribution in [-0.2, 0) is 29.1 Å². The molecule has 0 saturated carbocycles. The molecule has 2 aromatic carbocycles. The van der Waals surface area contributed by atoms with Gasteiger partial charge in [-0.15, -0.1) is 0 Å². The van der Waals surface area contributed by atoms with Crippen LogP contribution in [0.1, 0.15) is 47.3 Å². The molecule has 2 heterocycles. The maximum absolute atomic E-state index is 14.1. The smallest absolute Gasteiger partial charge is 0.255 e. The SMILES string of the molecule is CNC(=O)C1Cc2cc(OC)c(OC)cc2CN1C(=O)C(CC(C)C)N1Cc2ccccc2C1=O. The molecular weight excluding hydrogens is 446 g/mol. The Kier molecular flexibility index (Phi) is 7.00. The maximum atomic E-state index is 14.1. The van der Waals surface area contributed by atoms with Crippen LogP contribution in [0.2, 0.25) is 0 Å². The summed E-state index contributed by atoms with van der Waals surface area (Å²) < 4.78 is 10.9. The van der Waals surface area contributed by atoms with Crippen molar-refractivity contribution in [2.45, 2.75) is 51.9 Å². The highest BCUT2D eigenvalue weighted by Crippen LogP contribution is 2.36. The molecule has 0 saturated heterocycles. The van der Waals surface area contributed by atoms with Crippen molar-refractivity contribution >= 4 is 17.7 Å². The molecule has 0 bridgehead atoms. The molecule has 3 amide bonds. The van der Waals surface area contributed by atoms with Gasteiger partial charge in [0.25, 0.3) is 5.91 Å². The fraction of sp³-hybridized carbons (Fsp3) is 0.444. The van der Waals surface area contributed by atoms with Crippen LogP contribution >= 0.6 is 0 Å². The van der Waals surface area contributed by atoms with E-state index in [4.69, 9.17) is 9.47 Å². The molecule has 2 aliphatic heterocycles. The van der Waals surface area contributed by atoms with Crippen molar-refractivity contribution in [1.29, 1.82) is 0 Å². The van der Waals surface area contributed by atoms with Crippen LogP contribution in [0, 0.1) is 5.92 Å². The van der Waals surface area contributed by atoms with Crippen molar-refractivity contribution in [1.82, 2.24) is 15.1 Å². The first-order chi connectivity index (χ1) is 16.8. The predicted molar refractivity (Wildman–Crippen MR) is 131 cm³/mol. The lowest BCUT2D eigenvalue weighted by Gasteiger charge is -2.40. The summed E-state index contributed by atoms with van der Waals surface area (Å²) in [6.07, 6.45) is 0.859. The number of amides is 3. The van der Waals surface area contributed by atoms with Gasteiger partial charge in [0.05, 0.1) is 14.2 Å². The number of rotatable bonds is 7. The molecule has 0 aromatic heterocycles. The van der Waals surface area contributed by atoms with E-state index in [9.17, 15) is 14.4 Å². The second-order valence-electron chi connectivity index (χ2n) is 9.51. The highest BCUT2D eigenvalue weighted by Gasteiger charge is 2.42. The van der Waals surface area contributed by atoms with E-state index in [2.05, 4.69) is 5.32 Å². The summed E-state index contributed by atoms with van der Waals surface area (Å²) in [7, 11) is 4.71. The Hall–Kier alpha value is -3.55. The van der Waals surface area contributed by atoms with Crippen LogP contribution < -0.4 is 14.8 Å². The van der Waals surface area contributed by atoms with Crippen LogP contribution in [0.5, 0.6) is 11.5 Å². The van der Waals surface area contributed by atoms with Crippen LogP contribution in [-0.4, -0.2) is 60.9 Å². The van der Waals surface area contributed by atoms with E-state index in [1.807, 2.05) is 44.2 Å². The van der Waals surface area contributed by atoms with Crippen LogP contribution in [0.3, 0.4) is 0 Å². The molecule has 0 fully saturated rings. The minimum atomic E-state index is -0.687. The second kappa shape index (κ2) is 9.98. The number of likely N-dealkylation sites (N-methyl/N-ethyl adjacent to an activating group) is 1. The monoisotopic (exact) mass is 479 g/mol. The van der Waals surface area contributed by atoms with Gasteiger partial charge < -0.3 is 24.6 Å². The molecule has 186 valence electrons. The van der Waals surface area contributed by atoms with Crippen molar-refractivity contribution < 1.29 is 23.9 Å². The number of hydrogen-bond acceptors (Lipinski definition) is 5. The largest absolute Gasteiger partial charge is 0.493 e. The quantitative estimate of drug-likeness (QED) is 0.660. The van der Waals surface area contributed by atoms with Gasteiger partial charge in [0.2, 0.25) is 11.8 Å². The number of ether oxygens (including phenoxy) is 2. The molecule has 2 atom stereocenters. The molecule has 0 spiro atoms. The third kappa shape index (κ3) is 4.57. The number of carbonyl (C=O) groups excluding carboxylic acids is 3. The van der Waals surface area contributed by atoms with Crippen molar-refractivity contribution in [2.24, 2.45) is 5.92 Å². The summed E-state index contributed by atoms with van der Waals surface area (Å²) in [5.74, 6) is 0.744. The molecule has 0 aliphatic carbocycles. The summed E-state index contributed by atoms with van der Waals surface area (Å²) in [6, 6.07) is 9.86. The molecule has 4 rings (SSSR count). The zero-order valence-corrected chi connectivity index (χ0v) is 21.0. The summed E-state index contributed by atoms with van der Waals surface area (Å²) >= 11 is 0. The summed E-state index contributed by atoms with van der Waals surface area (Å²) in [4.78, 5) is 43.6. The molecule has 8 nitrogen and oxygen atoms in total. The van der Waals surface area contributed by atoms with E-state index in [-0.39, 0.29) is 30.2 Å². The van der Waals surface area contributed by atoms with Gasteiger partial charge in [-0.05, 0) is 47.2 Å². The van der Waals surface area contributed by atoms with Gasteiger partial charge in [0, 0.05) is 32.1 Å². The number of fused-ring (bicyclic) bond motifs is 2. The number of nitrogens with one attached hydrogen (secondary N) is 1. The van der Waals surface area contributed by atoms with E-state index >= 15 is 0 Å². The fourth-order valence-corrected chi connectivity index (χ4v) is 5.07. The molecule has 1 N–H and O–H groups in total. The minimum Gasteiger partial charge on any atom is -0.493 e. The van der Waals surface area contributed by atoms with E-state index < -0.39 is 12.1 Å². The molecular formula is C27H33N3O5. The average Bonchev–Trinajstić information content (AvgIpc) is 3.20. The number of carbonyl (C=O) groups is 3. The fourth-order valence-electron chi connectivity index (χ4n) is 5.07. The number of hydrogen-bond donors (Lipinski definition) is 1. The van der Waals surface area contributed by atoms with Crippen LogP contribution in [0.25, 0.3) is 0 Å². The molecule has 2 aromatic rings. The first-order valence-electron chi connectivity index (χ1n) is 11.9. The first-order valence-corrected chi connectivity index (χ1v) is 11.9. The zero-order valence-electron chi connectivity index (χ0n) is 21.0. The second-order valence-corrected chi connectivity index (χ2v) is 9.51. The van der Waals surface area contributed by atoms with Crippen molar-refractivity contribution in [3.8, 4) is 11.5 Å². The Morgan fingerprint density at radius 2 is 1.69 bits per heavy atom. The lowest BCUT2D eigenvalue weighted by molar-refractivity contribution is -0.145. The van der Waals surface area contributed by atoms with Gasteiger partial charge >= 0.3 is 0 Å². The van der Waals surface area contributed by atoms with Crippen molar-refractivity contribution in [2.75, 3.05) is 21.3 Å². The Balaban J connectivity index is 1.71. The van der Waals surface area contributed by atoms with Crippen molar-refractivity contribution in [3.05, 3.63) is 58.7 Å². The molecule has 0 radical (unpaired) electrons. The summed E-state index contributed by atoms with van der Waals surface area (Å²) in [5.41, 5.74) is 3.39. The zero-order chi connectivity index (χ0) is 25.3. The van der Waals surface area contributed by atoms with E-state index in [0.29, 0.717) is 36.4 Å². The van der Waals surface area contributed by atoms with Gasteiger partial charge in [-0.2, -0.15) is 0 Å². The lowest BCUT2D eigenvalue weighted by atomic mass is 9.91. The summed E-state index contributed by atoms with van der Waals surface area (Å²) in [5, 5.41) is 2.70.